The van der Waals surface area contributed by atoms with Crippen LogP contribution in [0.1, 0.15) is 18.1 Å². The second kappa shape index (κ2) is 9.39. The van der Waals surface area contributed by atoms with Crippen molar-refractivity contribution in [3.05, 3.63) is 64.7 Å². The van der Waals surface area contributed by atoms with E-state index in [0.29, 0.717) is 10.8 Å². The Kier molecular flexibility index (Phi) is 7.21. The Morgan fingerprint density at radius 3 is 2.41 bits per heavy atom. The summed E-state index contributed by atoms with van der Waals surface area (Å²) in [5.41, 5.74) is 0.818. The van der Waals surface area contributed by atoms with Gasteiger partial charge in [-0.25, -0.2) is 0 Å². The molecule has 0 heterocycles. The highest BCUT2D eigenvalue weighted by atomic mass is 35.5. The van der Waals surface area contributed by atoms with Crippen molar-refractivity contribution in [1.29, 1.82) is 0 Å². The number of halogens is 1. The van der Waals surface area contributed by atoms with Gasteiger partial charge in [-0.1, -0.05) is 35.9 Å². The van der Waals surface area contributed by atoms with E-state index in [1.54, 1.807) is 37.4 Å². The number of ether oxygens (including phenoxy) is 2. The van der Waals surface area contributed by atoms with Crippen LogP contribution in [0.15, 0.2) is 48.5 Å². The van der Waals surface area contributed by atoms with Crippen LogP contribution in [0.3, 0.4) is 0 Å². The van der Waals surface area contributed by atoms with E-state index in [0.717, 1.165) is 11.1 Å². The molecule has 0 saturated heterocycles. The van der Waals surface area contributed by atoms with Gasteiger partial charge >= 0.3 is 11.8 Å². The smallest absolute Gasteiger partial charge is 0.309 e. The minimum Gasteiger partial charge on any atom is -0.497 e. The number of carbonyl (C=O) groups is 2. The highest BCUT2D eigenvalue weighted by Gasteiger charge is 2.28. The van der Waals surface area contributed by atoms with Gasteiger partial charge in [0.25, 0.3) is 0 Å². The monoisotopic (exact) mass is 390 g/mol. The van der Waals surface area contributed by atoms with E-state index in [1.807, 2.05) is 25.1 Å². The molecule has 27 heavy (non-hydrogen) atoms. The number of carbonyl (C=O) groups excluding carboxylic acids is 2. The maximum Gasteiger partial charge on any atom is 0.309 e. The van der Waals surface area contributed by atoms with Crippen LogP contribution in [0.25, 0.3) is 0 Å². The predicted molar refractivity (Wildman–Crippen MR) is 104 cm³/mol. The van der Waals surface area contributed by atoms with Crippen molar-refractivity contribution in [3.63, 3.8) is 0 Å². The van der Waals surface area contributed by atoms with E-state index in [-0.39, 0.29) is 13.1 Å². The Morgan fingerprint density at radius 2 is 1.74 bits per heavy atom. The molecule has 0 spiro atoms. The minimum absolute atomic E-state index is 0.120. The minimum atomic E-state index is -0.812. The molecular weight excluding hydrogens is 368 g/mol. The molecule has 0 aliphatic rings. The number of hydrogen-bond donors (Lipinski definition) is 2. The van der Waals surface area contributed by atoms with Gasteiger partial charge in [-0.2, -0.15) is 0 Å². The molecule has 1 atom stereocenters. The van der Waals surface area contributed by atoms with E-state index < -0.39 is 17.4 Å². The topological polar surface area (TPSA) is 76.7 Å². The van der Waals surface area contributed by atoms with Crippen molar-refractivity contribution >= 4 is 23.4 Å². The maximum atomic E-state index is 12.1. The van der Waals surface area contributed by atoms with Gasteiger partial charge in [-0.15, -0.1) is 0 Å². The summed E-state index contributed by atoms with van der Waals surface area (Å²) in [6, 6.07) is 14.4. The van der Waals surface area contributed by atoms with Crippen molar-refractivity contribution in [1.82, 2.24) is 10.6 Å². The van der Waals surface area contributed by atoms with Crippen LogP contribution in [0.4, 0.5) is 0 Å². The first-order chi connectivity index (χ1) is 12.9. The molecule has 2 N–H and O–H groups in total. The first-order valence-electron chi connectivity index (χ1n) is 8.38. The predicted octanol–water partition coefficient (Wildman–Crippen LogP) is 2.64. The molecule has 2 rings (SSSR count). The SMILES string of the molecule is COc1cccc(CNC(=O)C(=O)NCC(C)(OC)c2cccc(Cl)c2)c1. The van der Waals surface area contributed by atoms with Crippen molar-refractivity contribution in [2.24, 2.45) is 0 Å². The Morgan fingerprint density at radius 1 is 1.04 bits per heavy atom. The van der Waals surface area contributed by atoms with E-state index in [9.17, 15) is 9.59 Å². The third-order valence-electron chi connectivity index (χ3n) is 4.27. The fourth-order valence-corrected chi connectivity index (χ4v) is 2.67. The third kappa shape index (κ3) is 5.70. The molecule has 0 aromatic heterocycles. The first kappa shape index (κ1) is 20.7. The van der Waals surface area contributed by atoms with Crippen LogP contribution in [0.2, 0.25) is 5.02 Å². The van der Waals surface area contributed by atoms with Crippen LogP contribution < -0.4 is 15.4 Å². The van der Waals surface area contributed by atoms with Crippen molar-refractivity contribution in [3.8, 4) is 5.75 Å². The zero-order valence-electron chi connectivity index (χ0n) is 15.5. The Hall–Kier alpha value is -2.57. The molecule has 144 valence electrons. The number of rotatable bonds is 7. The zero-order valence-corrected chi connectivity index (χ0v) is 16.3. The fraction of sp³-hybridized carbons (Fsp3) is 0.300. The van der Waals surface area contributed by atoms with Crippen LogP contribution in [-0.2, 0) is 26.5 Å². The van der Waals surface area contributed by atoms with Crippen molar-refractivity contribution in [2.75, 3.05) is 20.8 Å². The van der Waals surface area contributed by atoms with Crippen LogP contribution in [0.5, 0.6) is 5.75 Å². The molecule has 0 fully saturated rings. The Labute approximate surface area is 163 Å². The summed E-state index contributed by atoms with van der Waals surface area (Å²) in [4.78, 5) is 24.2. The standard InChI is InChI=1S/C20H23ClN2O4/c1-20(27-3,15-7-5-8-16(21)11-15)13-23-19(25)18(24)22-12-14-6-4-9-17(10-14)26-2/h4-11H,12-13H2,1-3H3,(H,22,24)(H,23,25). The van der Waals surface area contributed by atoms with Crippen molar-refractivity contribution < 1.29 is 19.1 Å². The van der Waals surface area contributed by atoms with E-state index in [4.69, 9.17) is 21.1 Å². The summed E-state index contributed by atoms with van der Waals surface area (Å²) in [6.07, 6.45) is 0. The highest BCUT2D eigenvalue weighted by molar-refractivity contribution is 6.35. The first-order valence-corrected chi connectivity index (χ1v) is 8.76. The molecule has 0 saturated carbocycles. The number of hydrogen-bond acceptors (Lipinski definition) is 4. The second-order valence-corrected chi connectivity index (χ2v) is 6.60. The summed E-state index contributed by atoms with van der Waals surface area (Å²) in [6.45, 7) is 2.15. The number of methoxy groups -OCH3 is 2. The lowest BCUT2D eigenvalue weighted by Crippen LogP contribution is -2.45. The maximum absolute atomic E-state index is 12.1. The molecule has 2 amide bonds. The molecule has 0 aliphatic heterocycles. The Balaban J connectivity index is 1.92. The highest BCUT2D eigenvalue weighted by Crippen LogP contribution is 2.26. The lowest BCUT2D eigenvalue weighted by atomic mass is 9.95. The quantitative estimate of drug-likeness (QED) is 0.712. The van der Waals surface area contributed by atoms with Gasteiger partial charge in [0.1, 0.15) is 11.4 Å². The van der Waals surface area contributed by atoms with E-state index in [2.05, 4.69) is 10.6 Å². The lowest BCUT2D eigenvalue weighted by Gasteiger charge is -2.29. The number of nitrogens with one attached hydrogen (secondary N) is 2. The summed E-state index contributed by atoms with van der Waals surface area (Å²) in [5.74, 6) is -0.769. The largest absolute Gasteiger partial charge is 0.497 e. The molecule has 6 nitrogen and oxygen atoms in total. The summed E-state index contributed by atoms with van der Waals surface area (Å²) in [7, 11) is 3.10. The van der Waals surface area contributed by atoms with Gasteiger partial charge in [0.15, 0.2) is 0 Å². The van der Waals surface area contributed by atoms with Gasteiger partial charge in [0, 0.05) is 18.7 Å². The van der Waals surface area contributed by atoms with Crippen LogP contribution >= 0.6 is 11.6 Å². The van der Waals surface area contributed by atoms with Crippen LogP contribution in [-0.4, -0.2) is 32.6 Å². The third-order valence-corrected chi connectivity index (χ3v) is 4.50. The summed E-state index contributed by atoms with van der Waals surface area (Å²) in [5, 5.41) is 5.76. The van der Waals surface area contributed by atoms with Crippen LogP contribution in [0, 0.1) is 0 Å². The molecule has 1 unspecified atom stereocenters. The lowest BCUT2D eigenvalue weighted by molar-refractivity contribution is -0.140. The molecule has 0 bridgehead atoms. The van der Waals surface area contributed by atoms with E-state index in [1.165, 1.54) is 7.11 Å². The molecule has 2 aromatic rings. The molecule has 0 aliphatic carbocycles. The molecule has 7 heteroatoms. The second-order valence-electron chi connectivity index (χ2n) is 6.16. The van der Waals surface area contributed by atoms with E-state index >= 15 is 0 Å². The van der Waals surface area contributed by atoms with Gasteiger partial charge in [0.2, 0.25) is 0 Å². The van der Waals surface area contributed by atoms with Gasteiger partial charge in [-0.05, 0) is 42.3 Å². The van der Waals surface area contributed by atoms with Gasteiger partial charge in [-0.3, -0.25) is 9.59 Å². The average Bonchev–Trinajstić information content (AvgIpc) is 2.70. The summed E-state index contributed by atoms with van der Waals surface area (Å²) >= 11 is 6.03. The van der Waals surface area contributed by atoms with Gasteiger partial charge < -0.3 is 20.1 Å². The normalized spacial score (nSPS) is 12.7. The molecule has 0 radical (unpaired) electrons. The number of amides is 2. The average molecular weight is 391 g/mol. The number of benzene rings is 2. The fourth-order valence-electron chi connectivity index (χ4n) is 2.48. The summed E-state index contributed by atoms with van der Waals surface area (Å²) < 4.78 is 10.7. The van der Waals surface area contributed by atoms with Gasteiger partial charge in [0.05, 0.1) is 13.7 Å². The Bertz CT molecular complexity index is 812. The molecule has 2 aromatic carbocycles. The van der Waals surface area contributed by atoms with Crippen molar-refractivity contribution in [2.45, 2.75) is 19.1 Å². The molecular formula is C20H23ClN2O4. The zero-order chi connectivity index (χ0) is 19.9.